The van der Waals surface area contributed by atoms with E-state index in [1.165, 1.54) is 12.1 Å². The number of carbonyl (C=O) groups is 1. The van der Waals surface area contributed by atoms with Gasteiger partial charge in [-0.25, -0.2) is 4.39 Å². The van der Waals surface area contributed by atoms with Crippen LogP contribution in [0.3, 0.4) is 0 Å². The highest BCUT2D eigenvalue weighted by Gasteiger charge is 2.23. The molecular formula is C16H18ClFN4O. The Morgan fingerprint density at radius 1 is 1.30 bits per heavy atom. The fourth-order valence-corrected chi connectivity index (χ4v) is 2.94. The Morgan fingerprint density at radius 3 is 2.65 bits per heavy atom. The van der Waals surface area contributed by atoms with Crippen molar-refractivity contribution in [3.63, 3.8) is 0 Å². The first kappa shape index (κ1) is 16.0. The van der Waals surface area contributed by atoms with Crippen LogP contribution in [0.15, 0.2) is 30.6 Å². The molecule has 0 atom stereocenters. The summed E-state index contributed by atoms with van der Waals surface area (Å²) in [6.07, 6.45) is 3.32. The molecule has 122 valence electrons. The van der Waals surface area contributed by atoms with Crippen LogP contribution >= 0.6 is 11.6 Å². The summed E-state index contributed by atoms with van der Waals surface area (Å²) in [5.41, 5.74) is 1.52. The number of halogens is 2. The Balaban J connectivity index is 1.57. The Morgan fingerprint density at radius 2 is 2.04 bits per heavy atom. The van der Waals surface area contributed by atoms with E-state index in [1.54, 1.807) is 30.2 Å². The van der Waals surface area contributed by atoms with Crippen molar-refractivity contribution in [2.75, 3.05) is 26.2 Å². The van der Waals surface area contributed by atoms with E-state index in [-0.39, 0.29) is 11.7 Å². The van der Waals surface area contributed by atoms with E-state index in [9.17, 15) is 9.18 Å². The number of nitrogens with zero attached hydrogens (tertiary/aromatic N) is 4. The lowest BCUT2D eigenvalue weighted by Gasteiger charge is -2.34. The second-order valence-corrected chi connectivity index (χ2v) is 6.11. The van der Waals surface area contributed by atoms with Crippen LogP contribution in [0.2, 0.25) is 5.02 Å². The Kier molecular flexibility index (Phi) is 4.63. The molecule has 1 aliphatic rings. The third-order valence-electron chi connectivity index (χ3n) is 4.02. The molecule has 0 spiro atoms. The molecule has 5 nitrogen and oxygen atoms in total. The molecule has 7 heteroatoms. The summed E-state index contributed by atoms with van der Waals surface area (Å²) in [4.78, 5) is 16.4. The number of hydrogen-bond donors (Lipinski definition) is 0. The largest absolute Gasteiger partial charge is 0.336 e. The first-order valence-corrected chi connectivity index (χ1v) is 7.85. The third-order valence-corrected chi connectivity index (χ3v) is 4.37. The van der Waals surface area contributed by atoms with Crippen LogP contribution in [0, 0.1) is 5.82 Å². The highest BCUT2D eigenvalue weighted by Crippen LogP contribution is 2.20. The van der Waals surface area contributed by atoms with Crippen molar-refractivity contribution >= 4 is 17.5 Å². The van der Waals surface area contributed by atoms with E-state index >= 15 is 0 Å². The molecule has 0 saturated carbocycles. The first-order chi connectivity index (χ1) is 11.0. The fourth-order valence-electron chi connectivity index (χ4n) is 2.71. The average molecular weight is 337 g/mol. The molecule has 0 bridgehead atoms. The summed E-state index contributed by atoms with van der Waals surface area (Å²) < 4.78 is 14.7. The maximum atomic E-state index is 13.1. The summed E-state index contributed by atoms with van der Waals surface area (Å²) in [6, 6.07) is 4.47. The molecule has 1 fully saturated rings. The van der Waals surface area contributed by atoms with Gasteiger partial charge in [0.05, 0.1) is 11.8 Å². The summed E-state index contributed by atoms with van der Waals surface area (Å²) in [6.45, 7) is 3.51. The van der Waals surface area contributed by atoms with Crippen molar-refractivity contribution < 1.29 is 9.18 Å². The van der Waals surface area contributed by atoms with E-state index in [1.807, 2.05) is 4.90 Å². The molecule has 1 amide bonds. The van der Waals surface area contributed by atoms with Gasteiger partial charge in [0.25, 0.3) is 5.91 Å². The quantitative estimate of drug-likeness (QED) is 0.862. The number of aromatic nitrogens is 2. The van der Waals surface area contributed by atoms with Crippen molar-refractivity contribution in [3.8, 4) is 0 Å². The topological polar surface area (TPSA) is 41.4 Å². The van der Waals surface area contributed by atoms with Gasteiger partial charge in [0, 0.05) is 51.0 Å². The van der Waals surface area contributed by atoms with E-state index in [0.717, 1.165) is 18.7 Å². The van der Waals surface area contributed by atoms with Gasteiger partial charge in [0.2, 0.25) is 0 Å². The number of amides is 1. The average Bonchev–Trinajstić information content (AvgIpc) is 2.97. The number of carbonyl (C=O) groups excluding carboxylic acids is 1. The standard InChI is InChI=1S/C16H18ClFN4O/c1-20-10-13(9-19-20)16(23)22-6-4-21(5-7-22)11-12-2-3-14(18)8-15(12)17/h2-3,8-10H,4-7,11H2,1H3. The maximum Gasteiger partial charge on any atom is 0.257 e. The summed E-state index contributed by atoms with van der Waals surface area (Å²) in [5.74, 6) is -0.316. The minimum atomic E-state index is -0.328. The summed E-state index contributed by atoms with van der Waals surface area (Å²) >= 11 is 6.07. The van der Waals surface area contributed by atoms with Crippen molar-refractivity contribution in [2.24, 2.45) is 7.05 Å². The Bertz CT molecular complexity index is 710. The number of piperazine rings is 1. The molecule has 23 heavy (non-hydrogen) atoms. The van der Waals surface area contributed by atoms with Crippen LogP contribution in [0.4, 0.5) is 4.39 Å². The zero-order chi connectivity index (χ0) is 16.4. The lowest BCUT2D eigenvalue weighted by Crippen LogP contribution is -2.48. The predicted octanol–water partition coefficient (Wildman–Crippen LogP) is 2.17. The number of aryl methyl sites for hydroxylation is 1. The molecule has 1 aliphatic heterocycles. The molecular weight excluding hydrogens is 319 g/mol. The monoisotopic (exact) mass is 336 g/mol. The normalized spacial score (nSPS) is 15.9. The van der Waals surface area contributed by atoms with Gasteiger partial charge in [-0.05, 0) is 17.7 Å². The lowest BCUT2D eigenvalue weighted by atomic mass is 10.2. The molecule has 0 unspecified atom stereocenters. The van der Waals surface area contributed by atoms with Crippen LogP contribution in [-0.4, -0.2) is 51.7 Å². The molecule has 1 aromatic heterocycles. The summed E-state index contributed by atoms with van der Waals surface area (Å²) in [7, 11) is 1.79. The van der Waals surface area contributed by atoms with Gasteiger partial charge < -0.3 is 4.90 Å². The molecule has 1 aromatic carbocycles. The number of benzene rings is 1. The molecule has 0 aliphatic carbocycles. The third kappa shape index (κ3) is 3.71. The molecule has 1 saturated heterocycles. The number of rotatable bonds is 3. The van der Waals surface area contributed by atoms with E-state index in [2.05, 4.69) is 10.00 Å². The smallest absolute Gasteiger partial charge is 0.257 e. The van der Waals surface area contributed by atoms with Gasteiger partial charge in [-0.15, -0.1) is 0 Å². The zero-order valence-electron chi connectivity index (χ0n) is 12.9. The van der Waals surface area contributed by atoms with Gasteiger partial charge in [-0.1, -0.05) is 17.7 Å². The second kappa shape index (κ2) is 6.68. The number of hydrogen-bond acceptors (Lipinski definition) is 3. The summed E-state index contributed by atoms with van der Waals surface area (Å²) in [5, 5.41) is 4.48. The van der Waals surface area contributed by atoms with E-state index in [0.29, 0.717) is 30.2 Å². The fraction of sp³-hybridized carbons (Fsp3) is 0.375. The second-order valence-electron chi connectivity index (χ2n) is 5.71. The first-order valence-electron chi connectivity index (χ1n) is 7.47. The zero-order valence-corrected chi connectivity index (χ0v) is 13.6. The predicted molar refractivity (Wildman–Crippen MR) is 85.8 cm³/mol. The minimum absolute atomic E-state index is 0.0116. The van der Waals surface area contributed by atoms with Gasteiger partial charge in [-0.2, -0.15) is 5.10 Å². The molecule has 0 radical (unpaired) electrons. The van der Waals surface area contributed by atoms with Gasteiger partial charge in [0.1, 0.15) is 5.82 Å². The molecule has 2 aromatic rings. The maximum absolute atomic E-state index is 13.1. The van der Waals surface area contributed by atoms with Crippen LogP contribution in [-0.2, 0) is 13.6 Å². The van der Waals surface area contributed by atoms with E-state index < -0.39 is 0 Å². The molecule has 2 heterocycles. The Labute approximate surface area is 139 Å². The van der Waals surface area contributed by atoms with Gasteiger partial charge in [0.15, 0.2) is 0 Å². The van der Waals surface area contributed by atoms with Crippen molar-refractivity contribution in [2.45, 2.75) is 6.54 Å². The van der Waals surface area contributed by atoms with Gasteiger partial charge in [-0.3, -0.25) is 14.4 Å². The van der Waals surface area contributed by atoms with Gasteiger partial charge >= 0.3 is 0 Å². The molecule has 0 N–H and O–H groups in total. The van der Waals surface area contributed by atoms with Crippen LogP contribution < -0.4 is 0 Å². The van der Waals surface area contributed by atoms with Crippen molar-refractivity contribution in [3.05, 3.63) is 52.6 Å². The highest BCUT2D eigenvalue weighted by atomic mass is 35.5. The molecule has 3 rings (SSSR count). The SMILES string of the molecule is Cn1cc(C(=O)N2CCN(Cc3ccc(F)cc3Cl)CC2)cn1. The van der Waals surface area contributed by atoms with E-state index in [4.69, 9.17) is 11.6 Å². The highest BCUT2D eigenvalue weighted by molar-refractivity contribution is 6.31. The lowest BCUT2D eigenvalue weighted by molar-refractivity contribution is 0.0628. The van der Waals surface area contributed by atoms with Crippen LogP contribution in [0.1, 0.15) is 15.9 Å². The Hall–Kier alpha value is -1.92. The minimum Gasteiger partial charge on any atom is -0.336 e. The van der Waals surface area contributed by atoms with Crippen molar-refractivity contribution in [1.82, 2.24) is 19.6 Å². The van der Waals surface area contributed by atoms with Crippen LogP contribution in [0.25, 0.3) is 0 Å². The van der Waals surface area contributed by atoms with Crippen molar-refractivity contribution in [1.29, 1.82) is 0 Å². The van der Waals surface area contributed by atoms with Crippen LogP contribution in [0.5, 0.6) is 0 Å².